The van der Waals surface area contributed by atoms with Gasteiger partial charge < -0.3 is 14.4 Å². The van der Waals surface area contributed by atoms with E-state index in [-0.39, 0.29) is 13.1 Å². The number of aliphatic carboxylic acids is 1. The molecule has 4 rings (SSSR count). The van der Waals surface area contributed by atoms with Gasteiger partial charge in [0.25, 0.3) is 0 Å². The minimum atomic E-state index is -0.967. The van der Waals surface area contributed by atoms with E-state index in [9.17, 15) is 9.18 Å². The normalized spacial score (nSPS) is 11.2. The molecule has 0 atom stereocenters. The smallest absolute Gasteiger partial charge is 0.317 e. The maximum Gasteiger partial charge on any atom is 0.317 e. The number of aromatic nitrogens is 1. The molecule has 0 aliphatic carbocycles. The topological polar surface area (TPSA) is 75.8 Å². The lowest BCUT2D eigenvalue weighted by molar-refractivity contribution is -0.138. The molecule has 1 heterocycles. The Morgan fingerprint density at radius 3 is 2.51 bits per heavy atom. The minimum Gasteiger partial charge on any atom is -0.480 e. The average Bonchev–Trinajstić information content (AvgIpc) is 3.32. The molecule has 6 nitrogen and oxygen atoms in total. The van der Waals surface area contributed by atoms with Crippen LogP contribution in [-0.2, 0) is 22.7 Å². The van der Waals surface area contributed by atoms with Crippen LogP contribution >= 0.6 is 0 Å². The van der Waals surface area contributed by atoms with Crippen molar-refractivity contribution in [2.75, 3.05) is 20.7 Å². The van der Waals surface area contributed by atoms with E-state index in [0.717, 1.165) is 27.8 Å². The summed E-state index contributed by atoms with van der Waals surface area (Å²) in [5.74, 6) is -0.779. The lowest BCUT2D eigenvalue weighted by Crippen LogP contribution is -2.25. The van der Waals surface area contributed by atoms with E-state index in [0.29, 0.717) is 29.2 Å². The summed E-state index contributed by atoms with van der Waals surface area (Å²) in [5.41, 5.74) is 6.87. The zero-order valence-corrected chi connectivity index (χ0v) is 19.9. The Morgan fingerprint density at radius 1 is 1.06 bits per heavy atom. The Kier molecular flexibility index (Phi) is 7.39. The van der Waals surface area contributed by atoms with Gasteiger partial charge in [-0.05, 0) is 54.4 Å². The minimum absolute atomic E-state index is 0.162. The molecule has 0 bridgehead atoms. The third kappa shape index (κ3) is 5.48. The number of ether oxygens (including phenoxy) is 1. The number of carboxylic acid groups (broad SMARTS) is 1. The first-order valence-electron chi connectivity index (χ1n) is 11.2. The van der Waals surface area contributed by atoms with Crippen LogP contribution in [0, 0.1) is 12.7 Å². The van der Waals surface area contributed by atoms with Gasteiger partial charge in [-0.15, -0.1) is 0 Å². The number of carbonyl (C=O) groups is 1. The molecule has 7 heteroatoms. The highest BCUT2D eigenvalue weighted by atomic mass is 19.1. The van der Waals surface area contributed by atoms with Gasteiger partial charge in [-0.3, -0.25) is 9.69 Å². The summed E-state index contributed by atoms with van der Waals surface area (Å²) in [7, 11) is 3.29. The van der Waals surface area contributed by atoms with Gasteiger partial charge in [0.2, 0.25) is 0 Å². The van der Waals surface area contributed by atoms with Crippen LogP contribution in [0.5, 0.6) is 0 Å². The van der Waals surface area contributed by atoms with Gasteiger partial charge in [0.05, 0.1) is 13.2 Å². The SMILES string of the molecule is COCc1c(-c2cc(-c3ccc(F)c(CN(C)CC(=O)O)c3)no2)ccc(-c2ccccc2)c1C. The lowest BCUT2D eigenvalue weighted by atomic mass is 9.92. The molecule has 0 aliphatic heterocycles. The average molecular weight is 475 g/mol. The number of methoxy groups -OCH3 is 1. The van der Waals surface area contributed by atoms with Crippen molar-refractivity contribution >= 4 is 5.97 Å². The first-order chi connectivity index (χ1) is 16.9. The zero-order chi connectivity index (χ0) is 24.9. The molecule has 3 aromatic carbocycles. The molecule has 0 saturated heterocycles. The van der Waals surface area contributed by atoms with Crippen LogP contribution < -0.4 is 0 Å². The van der Waals surface area contributed by atoms with Crippen molar-refractivity contribution in [2.45, 2.75) is 20.1 Å². The third-order valence-corrected chi connectivity index (χ3v) is 5.93. The number of hydrogen-bond acceptors (Lipinski definition) is 5. The molecule has 0 spiro atoms. The van der Waals surface area contributed by atoms with E-state index in [2.05, 4.69) is 30.3 Å². The Bertz CT molecular complexity index is 1330. The van der Waals surface area contributed by atoms with Gasteiger partial charge in [-0.1, -0.05) is 47.6 Å². The molecule has 1 aromatic heterocycles. The fraction of sp³-hybridized carbons (Fsp3) is 0.214. The molecule has 4 aromatic rings. The highest BCUT2D eigenvalue weighted by Gasteiger charge is 2.18. The molecule has 35 heavy (non-hydrogen) atoms. The van der Waals surface area contributed by atoms with Gasteiger partial charge in [-0.25, -0.2) is 4.39 Å². The molecule has 0 radical (unpaired) electrons. The summed E-state index contributed by atoms with van der Waals surface area (Å²) >= 11 is 0. The Balaban J connectivity index is 1.68. The first kappa shape index (κ1) is 24.3. The number of benzene rings is 3. The number of hydrogen-bond donors (Lipinski definition) is 1. The highest BCUT2D eigenvalue weighted by Crippen LogP contribution is 2.35. The summed E-state index contributed by atoms with van der Waals surface area (Å²) in [6.07, 6.45) is 0. The van der Waals surface area contributed by atoms with Gasteiger partial charge in [-0.2, -0.15) is 0 Å². The number of likely N-dealkylation sites (N-methyl/N-ethyl adjacent to an activating group) is 1. The van der Waals surface area contributed by atoms with Crippen molar-refractivity contribution < 1.29 is 23.6 Å². The first-order valence-corrected chi connectivity index (χ1v) is 11.2. The van der Waals surface area contributed by atoms with Crippen LogP contribution in [-0.4, -0.2) is 41.8 Å². The predicted molar refractivity (Wildman–Crippen MR) is 132 cm³/mol. The van der Waals surface area contributed by atoms with Crippen molar-refractivity contribution in [2.24, 2.45) is 0 Å². The van der Waals surface area contributed by atoms with Gasteiger partial charge in [0.15, 0.2) is 5.76 Å². The molecule has 1 N–H and O–H groups in total. The standard InChI is InChI=1S/C28H27FN2O4/c1-18-22(19-7-5-4-6-8-19)10-11-23(24(18)17-34-3)27-14-26(30-35-27)20-9-12-25(29)21(13-20)15-31(2)16-28(32)33/h4-14H,15-17H2,1-3H3,(H,32,33). The van der Waals surface area contributed by atoms with Crippen LogP contribution in [0.4, 0.5) is 4.39 Å². The Hall–Kier alpha value is -3.81. The Morgan fingerprint density at radius 2 is 1.80 bits per heavy atom. The summed E-state index contributed by atoms with van der Waals surface area (Å²) in [6, 6.07) is 20.7. The van der Waals surface area contributed by atoms with Crippen LogP contribution in [0.2, 0.25) is 0 Å². The van der Waals surface area contributed by atoms with Crippen molar-refractivity contribution in [3.05, 3.63) is 89.2 Å². The van der Waals surface area contributed by atoms with Crippen LogP contribution in [0.3, 0.4) is 0 Å². The molecule has 0 fully saturated rings. The van der Waals surface area contributed by atoms with Crippen molar-refractivity contribution in [3.63, 3.8) is 0 Å². The zero-order valence-electron chi connectivity index (χ0n) is 19.9. The molecule has 0 amide bonds. The second-order valence-corrected chi connectivity index (χ2v) is 8.51. The predicted octanol–water partition coefficient (Wildman–Crippen LogP) is 5.79. The molecule has 0 unspecified atom stereocenters. The summed E-state index contributed by atoms with van der Waals surface area (Å²) < 4.78 is 25.6. The molecule has 0 saturated carbocycles. The summed E-state index contributed by atoms with van der Waals surface area (Å²) in [5, 5.41) is 13.2. The summed E-state index contributed by atoms with van der Waals surface area (Å²) in [4.78, 5) is 12.5. The second-order valence-electron chi connectivity index (χ2n) is 8.51. The maximum absolute atomic E-state index is 14.4. The molecule has 180 valence electrons. The maximum atomic E-state index is 14.4. The number of rotatable bonds is 9. The fourth-order valence-electron chi connectivity index (χ4n) is 4.22. The fourth-order valence-corrected chi connectivity index (χ4v) is 4.22. The number of nitrogens with zero attached hydrogens (tertiary/aromatic N) is 2. The van der Waals surface area contributed by atoms with Crippen LogP contribution in [0.15, 0.2) is 71.3 Å². The van der Waals surface area contributed by atoms with E-state index < -0.39 is 11.8 Å². The number of halogens is 1. The van der Waals surface area contributed by atoms with Crippen molar-refractivity contribution in [1.82, 2.24) is 10.1 Å². The molecular formula is C28H27FN2O4. The third-order valence-electron chi connectivity index (χ3n) is 5.93. The largest absolute Gasteiger partial charge is 0.480 e. The molecule has 0 aliphatic rings. The molecular weight excluding hydrogens is 447 g/mol. The van der Waals surface area contributed by atoms with E-state index in [1.807, 2.05) is 30.3 Å². The monoisotopic (exact) mass is 474 g/mol. The Labute approximate surface area is 203 Å². The quantitative estimate of drug-likeness (QED) is 0.331. The summed E-state index contributed by atoms with van der Waals surface area (Å²) in [6.45, 7) is 2.46. The second kappa shape index (κ2) is 10.6. The number of carboxylic acids is 1. The van der Waals surface area contributed by atoms with Gasteiger partial charge in [0.1, 0.15) is 11.5 Å². The van der Waals surface area contributed by atoms with Gasteiger partial charge in [0, 0.05) is 36.4 Å². The van der Waals surface area contributed by atoms with Crippen LogP contribution in [0.1, 0.15) is 16.7 Å². The van der Waals surface area contributed by atoms with Crippen molar-refractivity contribution in [3.8, 4) is 33.7 Å². The van der Waals surface area contributed by atoms with Crippen LogP contribution in [0.25, 0.3) is 33.7 Å². The van der Waals surface area contributed by atoms with E-state index in [4.69, 9.17) is 14.4 Å². The van der Waals surface area contributed by atoms with Gasteiger partial charge >= 0.3 is 5.97 Å². The highest BCUT2D eigenvalue weighted by molar-refractivity contribution is 5.77. The van der Waals surface area contributed by atoms with E-state index in [1.54, 1.807) is 26.3 Å². The van der Waals surface area contributed by atoms with Crippen molar-refractivity contribution in [1.29, 1.82) is 0 Å². The van der Waals surface area contributed by atoms with E-state index in [1.165, 1.54) is 11.0 Å². The van der Waals surface area contributed by atoms with E-state index >= 15 is 0 Å². The lowest BCUT2D eigenvalue weighted by Gasteiger charge is -2.15.